The van der Waals surface area contributed by atoms with Crippen LogP contribution in [-0.4, -0.2) is 69.5 Å². The van der Waals surface area contributed by atoms with Gasteiger partial charge in [0.05, 0.1) is 12.6 Å². The summed E-state index contributed by atoms with van der Waals surface area (Å²) in [6.45, 7) is 7.59. The normalized spacial score (nSPS) is 21.7. The van der Waals surface area contributed by atoms with Crippen molar-refractivity contribution in [1.82, 2.24) is 24.8 Å². The van der Waals surface area contributed by atoms with Crippen molar-refractivity contribution >= 4 is 5.91 Å². The van der Waals surface area contributed by atoms with E-state index in [2.05, 4.69) is 44.2 Å². The molecule has 1 aromatic carbocycles. The van der Waals surface area contributed by atoms with Crippen LogP contribution < -0.4 is 0 Å². The van der Waals surface area contributed by atoms with Gasteiger partial charge in [-0.2, -0.15) is 4.98 Å². The number of benzene rings is 1. The van der Waals surface area contributed by atoms with E-state index in [4.69, 9.17) is 4.52 Å². The second kappa shape index (κ2) is 8.19. The molecule has 7 nitrogen and oxygen atoms in total. The highest BCUT2D eigenvalue weighted by Crippen LogP contribution is 2.22. The number of aryl methyl sites for hydroxylation is 1. The van der Waals surface area contributed by atoms with Gasteiger partial charge in [-0.1, -0.05) is 35.5 Å². The molecule has 3 heterocycles. The third-order valence-corrected chi connectivity index (χ3v) is 5.50. The second-order valence-corrected chi connectivity index (χ2v) is 7.45. The first-order chi connectivity index (χ1) is 13.2. The van der Waals surface area contributed by atoms with Crippen LogP contribution in [0, 0.1) is 6.92 Å². The van der Waals surface area contributed by atoms with E-state index >= 15 is 0 Å². The molecule has 0 spiro atoms. The molecule has 1 amide bonds. The molecular weight excluding hydrogens is 342 g/mol. The van der Waals surface area contributed by atoms with Gasteiger partial charge in [-0.05, 0) is 24.9 Å². The van der Waals surface area contributed by atoms with E-state index in [0.717, 1.165) is 57.9 Å². The Morgan fingerprint density at radius 2 is 1.89 bits per heavy atom. The number of amides is 1. The second-order valence-electron chi connectivity index (χ2n) is 7.45. The lowest BCUT2D eigenvalue weighted by Gasteiger charge is -2.37. The van der Waals surface area contributed by atoms with E-state index < -0.39 is 0 Å². The van der Waals surface area contributed by atoms with Gasteiger partial charge in [0, 0.05) is 39.6 Å². The average molecular weight is 369 g/mol. The number of hydrogen-bond acceptors (Lipinski definition) is 6. The molecule has 27 heavy (non-hydrogen) atoms. The van der Waals surface area contributed by atoms with Crippen LogP contribution in [0.2, 0.25) is 0 Å². The number of hydrogen-bond donors (Lipinski definition) is 0. The Morgan fingerprint density at radius 1 is 1.11 bits per heavy atom. The summed E-state index contributed by atoms with van der Waals surface area (Å²) in [7, 11) is 0. The highest BCUT2D eigenvalue weighted by Gasteiger charge is 2.34. The van der Waals surface area contributed by atoms with Crippen LogP contribution in [0.5, 0.6) is 0 Å². The molecule has 7 heteroatoms. The summed E-state index contributed by atoms with van der Waals surface area (Å²) >= 11 is 0. The smallest absolute Gasteiger partial charge is 0.240 e. The first kappa shape index (κ1) is 18.1. The van der Waals surface area contributed by atoms with Crippen molar-refractivity contribution in [2.24, 2.45) is 0 Å². The molecule has 2 aliphatic heterocycles. The predicted octanol–water partition coefficient (Wildman–Crippen LogP) is 1.69. The van der Waals surface area contributed by atoms with Crippen molar-refractivity contribution < 1.29 is 9.32 Å². The first-order valence-corrected chi connectivity index (χ1v) is 9.77. The summed E-state index contributed by atoms with van der Waals surface area (Å²) in [5.41, 5.74) is 1.28. The molecule has 0 bridgehead atoms. The maximum atomic E-state index is 13.1. The SMILES string of the molecule is Cc1nc(CN2CCN(C(=O)[C@@H]3CCCN3Cc3ccccc3)CC2)no1. The molecule has 2 saturated heterocycles. The molecule has 144 valence electrons. The lowest BCUT2D eigenvalue weighted by molar-refractivity contribution is -0.138. The molecule has 0 unspecified atom stereocenters. The largest absolute Gasteiger partial charge is 0.340 e. The molecule has 0 radical (unpaired) electrons. The quantitative estimate of drug-likeness (QED) is 0.799. The van der Waals surface area contributed by atoms with Gasteiger partial charge in [-0.15, -0.1) is 0 Å². The summed E-state index contributed by atoms with van der Waals surface area (Å²) in [6.07, 6.45) is 2.06. The van der Waals surface area contributed by atoms with Gasteiger partial charge in [0.2, 0.25) is 11.8 Å². The van der Waals surface area contributed by atoms with Crippen LogP contribution in [0.15, 0.2) is 34.9 Å². The maximum Gasteiger partial charge on any atom is 0.240 e. The van der Waals surface area contributed by atoms with Crippen LogP contribution in [0.3, 0.4) is 0 Å². The van der Waals surface area contributed by atoms with Crippen molar-refractivity contribution in [2.45, 2.75) is 38.9 Å². The molecule has 1 aromatic heterocycles. The third kappa shape index (κ3) is 4.36. The highest BCUT2D eigenvalue weighted by molar-refractivity contribution is 5.82. The lowest BCUT2D eigenvalue weighted by atomic mass is 10.1. The number of nitrogens with zero attached hydrogens (tertiary/aromatic N) is 5. The number of piperazine rings is 1. The highest BCUT2D eigenvalue weighted by atomic mass is 16.5. The third-order valence-electron chi connectivity index (χ3n) is 5.50. The van der Waals surface area contributed by atoms with Crippen molar-refractivity contribution in [3.05, 3.63) is 47.6 Å². The zero-order valence-electron chi connectivity index (χ0n) is 15.9. The van der Waals surface area contributed by atoms with E-state index in [1.807, 2.05) is 11.0 Å². The first-order valence-electron chi connectivity index (χ1n) is 9.77. The minimum Gasteiger partial charge on any atom is -0.340 e. The number of carbonyl (C=O) groups excluding carboxylic acids is 1. The standard InChI is InChI=1S/C20H27N5O2/c1-16-21-19(22-27-16)15-23-10-12-24(13-11-23)20(26)18-8-5-9-25(18)14-17-6-3-2-4-7-17/h2-4,6-7,18H,5,8-15H2,1H3/t18-/m0/s1. The molecule has 0 N–H and O–H groups in total. The summed E-state index contributed by atoms with van der Waals surface area (Å²) < 4.78 is 5.04. The van der Waals surface area contributed by atoms with E-state index in [9.17, 15) is 4.79 Å². The van der Waals surface area contributed by atoms with Crippen molar-refractivity contribution in [1.29, 1.82) is 0 Å². The Kier molecular flexibility index (Phi) is 5.50. The molecule has 0 aliphatic carbocycles. The van der Waals surface area contributed by atoms with Gasteiger partial charge in [0.1, 0.15) is 0 Å². The molecule has 2 fully saturated rings. The molecule has 0 saturated carbocycles. The Labute approximate surface area is 159 Å². The van der Waals surface area contributed by atoms with Crippen LogP contribution in [0.25, 0.3) is 0 Å². The van der Waals surface area contributed by atoms with Gasteiger partial charge in [-0.25, -0.2) is 0 Å². The van der Waals surface area contributed by atoms with E-state index in [1.165, 1.54) is 5.56 Å². The van der Waals surface area contributed by atoms with Crippen molar-refractivity contribution in [3.63, 3.8) is 0 Å². The Hall–Kier alpha value is -2.25. The average Bonchev–Trinajstić information content (AvgIpc) is 3.31. The molecule has 4 rings (SSSR count). The Morgan fingerprint density at radius 3 is 2.59 bits per heavy atom. The fourth-order valence-electron chi connectivity index (χ4n) is 4.06. The van der Waals surface area contributed by atoms with Gasteiger partial charge >= 0.3 is 0 Å². The van der Waals surface area contributed by atoms with Crippen molar-refractivity contribution in [3.8, 4) is 0 Å². The number of likely N-dealkylation sites (tertiary alicyclic amines) is 1. The van der Waals surface area contributed by atoms with Crippen LogP contribution in [-0.2, 0) is 17.9 Å². The topological polar surface area (TPSA) is 65.7 Å². The van der Waals surface area contributed by atoms with E-state index in [1.54, 1.807) is 6.92 Å². The number of carbonyl (C=O) groups is 1. The molecule has 1 atom stereocenters. The molecule has 2 aromatic rings. The fraction of sp³-hybridized carbons (Fsp3) is 0.550. The number of rotatable bonds is 5. The predicted molar refractivity (Wildman–Crippen MR) is 101 cm³/mol. The minimum absolute atomic E-state index is 0.0246. The summed E-state index contributed by atoms with van der Waals surface area (Å²) in [6, 6.07) is 10.5. The van der Waals surface area contributed by atoms with Crippen LogP contribution >= 0.6 is 0 Å². The molecule has 2 aliphatic rings. The Bertz CT molecular complexity index is 755. The summed E-state index contributed by atoms with van der Waals surface area (Å²) in [5.74, 6) is 1.61. The monoisotopic (exact) mass is 369 g/mol. The molecular formula is C20H27N5O2. The van der Waals surface area contributed by atoms with E-state index in [0.29, 0.717) is 18.3 Å². The number of aromatic nitrogens is 2. The minimum atomic E-state index is 0.0246. The van der Waals surface area contributed by atoms with Gasteiger partial charge in [-0.3, -0.25) is 14.6 Å². The fourth-order valence-corrected chi connectivity index (χ4v) is 4.06. The van der Waals surface area contributed by atoms with Crippen LogP contribution in [0.1, 0.15) is 30.1 Å². The van der Waals surface area contributed by atoms with E-state index in [-0.39, 0.29) is 6.04 Å². The maximum absolute atomic E-state index is 13.1. The van der Waals surface area contributed by atoms with Gasteiger partial charge in [0.25, 0.3) is 0 Å². The van der Waals surface area contributed by atoms with Gasteiger partial charge < -0.3 is 9.42 Å². The van der Waals surface area contributed by atoms with Gasteiger partial charge in [0.15, 0.2) is 5.82 Å². The zero-order valence-corrected chi connectivity index (χ0v) is 15.9. The summed E-state index contributed by atoms with van der Waals surface area (Å²) in [5, 5.41) is 3.96. The Balaban J connectivity index is 1.30. The van der Waals surface area contributed by atoms with Crippen LogP contribution in [0.4, 0.5) is 0 Å². The summed E-state index contributed by atoms with van der Waals surface area (Å²) in [4.78, 5) is 24.0. The van der Waals surface area contributed by atoms with Crippen molar-refractivity contribution in [2.75, 3.05) is 32.7 Å². The lowest BCUT2D eigenvalue weighted by Crippen LogP contribution is -2.53. The zero-order chi connectivity index (χ0) is 18.6.